The minimum atomic E-state index is -0.506. The molecule has 0 unspecified atom stereocenters. The second-order valence-corrected chi connectivity index (χ2v) is 7.70. The van der Waals surface area contributed by atoms with Crippen LogP contribution in [0.25, 0.3) is 11.1 Å². The molecule has 0 spiro atoms. The molecule has 0 bridgehead atoms. The summed E-state index contributed by atoms with van der Waals surface area (Å²) in [6.07, 6.45) is 0. The van der Waals surface area contributed by atoms with Crippen LogP contribution in [0.4, 0.5) is 0 Å². The van der Waals surface area contributed by atoms with Gasteiger partial charge in [-0.1, -0.05) is 60.2 Å². The molecule has 4 nitrogen and oxygen atoms in total. The van der Waals surface area contributed by atoms with E-state index in [4.69, 9.17) is 4.74 Å². The first-order valence-corrected chi connectivity index (χ1v) is 10.4. The number of amides is 1. The van der Waals surface area contributed by atoms with Crippen molar-refractivity contribution in [3.63, 3.8) is 0 Å². The zero-order chi connectivity index (χ0) is 20.5. The minimum Gasteiger partial charge on any atom is -0.452 e. The van der Waals surface area contributed by atoms with E-state index in [-0.39, 0.29) is 12.5 Å². The molecule has 3 aromatic carbocycles. The number of nitrogens with one attached hydrogen (secondary N) is 1. The summed E-state index contributed by atoms with van der Waals surface area (Å²) in [5, 5.41) is 2.76. The summed E-state index contributed by atoms with van der Waals surface area (Å²) in [5.74, 6) is -0.0542. The fraction of sp³-hybridized carbons (Fsp3) is 0.167. The fourth-order valence-corrected chi connectivity index (χ4v) is 3.46. The standard InChI is InChI=1S/C24H23NO3S/c1-18-7-13-22(14-8-18)29-16-15-25-23(26)17-28-24(27)21-11-9-20(10-12-21)19-5-3-2-4-6-19/h2-14H,15-17H2,1H3,(H,25,26). The molecule has 1 N–H and O–H groups in total. The maximum Gasteiger partial charge on any atom is 0.338 e. The highest BCUT2D eigenvalue weighted by atomic mass is 32.2. The molecule has 1 amide bonds. The molecule has 3 rings (SSSR count). The molecule has 3 aromatic rings. The first-order valence-electron chi connectivity index (χ1n) is 9.40. The van der Waals surface area contributed by atoms with E-state index in [2.05, 4.69) is 29.6 Å². The molecular weight excluding hydrogens is 382 g/mol. The van der Waals surface area contributed by atoms with Crippen LogP contribution in [0.15, 0.2) is 83.8 Å². The lowest BCUT2D eigenvalue weighted by Gasteiger charge is -2.07. The zero-order valence-electron chi connectivity index (χ0n) is 16.3. The highest BCUT2D eigenvalue weighted by Gasteiger charge is 2.10. The van der Waals surface area contributed by atoms with Crippen LogP contribution in [0.3, 0.4) is 0 Å². The summed E-state index contributed by atoms with van der Waals surface area (Å²) in [7, 11) is 0. The number of aryl methyl sites for hydroxylation is 1. The van der Waals surface area contributed by atoms with Gasteiger partial charge in [0.15, 0.2) is 6.61 Å². The fourth-order valence-electron chi connectivity index (χ4n) is 2.69. The summed E-state index contributed by atoms with van der Waals surface area (Å²) in [5.41, 5.74) is 3.74. The smallest absolute Gasteiger partial charge is 0.338 e. The van der Waals surface area contributed by atoms with Crippen molar-refractivity contribution in [2.45, 2.75) is 11.8 Å². The Morgan fingerprint density at radius 1 is 0.862 bits per heavy atom. The van der Waals surface area contributed by atoms with E-state index < -0.39 is 5.97 Å². The van der Waals surface area contributed by atoms with E-state index in [9.17, 15) is 9.59 Å². The lowest BCUT2D eigenvalue weighted by molar-refractivity contribution is -0.124. The predicted octanol–water partition coefficient (Wildman–Crippen LogP) is 4.73. The van der Waals surface area contributed by atoms with Gasteiger partial charge in [0.05, 0.1) is 5.56 Å². The van der Waals surface area contributed by atoms with E-state index in [1.807, 2.05) is 49.4 Å². The van der Waals surface area contributed by atoms with Crippen LogP contribution in [-0.4, -0.2) is 30.8 Å². The van der Waals surface area contributed by atoms with Gasteiger partial charge >= 0.3 is 5.97 Å². The van der Waals surface area contributed by atoms with Gasteiger partial charge in [-0.2, -0.15) is 0 Å². The van der Waals surface area contributed by atoms with Crippen LogP contribution < -0.4 is 5.32 Å². The van der Waals surface area contributed by atoms with E-state index in [1.54, 1.807) is 23.9 Å². The Labute approximate surface area is 175 Å². The van der Waals surface area contributed by atoms with Crippen LogP contribution in [-0.2, 0) is 9.53 Å². The van der Waals surface area contributed by atoms with Gasteiger partial charge < -0.3 is 10.1 Å². The average molecular weight is 406 g/mol. The Kier molecular flexibility index (Phi) is 7.47. The maximum absolute atomic E-state index is 12.1. The van der Waals surface area contributed by atoms with E-state index in [1.165, 1.54) is 5.56 Å². The molecule has 0 heterocycles. The zero-order valence-corrected chi connectivity index (χ0v) is 17.1. The Balaban J connectivity index is 1.38. The van der Waals surface area contributed by atoms with Crippen molar-refractivity contribution in [2.75, 3.05) is 18.9 Å². The molecule has 0 aliphatic rings. The van der Waals surface area contributed by atoms with E-state index in [0.717, 1.165) is 21.8 Å². The molecule has 148 valence electrons. The molecule has 0 atom stereocenters. The van der Waals surface area contributed by atoms with Gasteiger partial charge in [0.2, 0.25) is 0 Å². The molecule has 0 radical (unpaired) electrons. The number of rotatable bonds is 8. The Bertz CT molecular complexity index is 938. The third kappa shape index (κ3) is 6.50. The largest absolute Gasteiger partial charge is 0.452 e. The second-order valence-electron chi connectivity index (χ2n) is 6.53. The molecule has 0 aliphatic heterocycles. The number of hydrogen-bond donors (Lipinski definition) is 1. The first kappa shape index (κ1) is 20.7. The first-order chi connectivity index (χ1) is 14.1. The minimum absolute atomic E-state index is 0.283. The summed E-state index contributed by atoms with van der Waals surface area (Å²) in [6.45, 7) is 2.28. The number of ether oxygens (including phenoxy) is 1. The Morgan fingerprint density at radius 2 is 1.52 bits per heavy atom. The van der Waals surface area contributed by atoms with Gasteiger partial charge in [0.25, 0.3) is 5.91 Å². The molecule has 0 aliphatic carbocycles. The lowest BCUT2D eigenvalue weighted by Crippen LogP contribution is -2.30. The highest BCUT2D eigenvalue weighted by Crippen LogP contribution is 2.19. The van der Waals surface area contributed by atoms with Gasteiger partial charge in [0, 0.05) is 17.2 Å². The molecule has 0 saturated carbocycles. The van der Waals surface area contributed by atoms with Gasteiger partial charge in [-0.05, 0) is 42.3 Å². The quantitative estimate of drug-likeness (QED) is 0.334. The number of esters is 1. The number of hydrogen-bond acceptors (Lipinski definition) is 4. The van der Waals surface area contributed by atoms with Crippen molar-refractivity contribution < 1.29 is 14.3 Å². The van der Waals surface area contributed by atoms with Gasteiger partial charge in [-0.15, -0.1) is 11.8 Å². The number of benzene rings is 3. The highest BCUT2D eigenvalue weighted by molar-refractivity contribution is 7.99. The van der Waals surface area contributed by atoms with Crippen LogP contribution >= 0.6 is 11.8 Å². The number of carbonyl (C=O) groups is 2. The lowest BCUT2D eigenvalue weighted by atomic mass is 10.0. The molecule has 0 aromatic heterocycles. The maximum atomic E-state index is 12.1. The van der Waals surface area contributed by atoms with Crippen LogP contribution in [0, 0.1) is 6.92 Å². The Morgan fingerprint density at radius 3 is 2.21 bits per heavy atom. The second kappa shape index (κ2) is 10.5. The van der Waals surface area contributed by atoms with Crippen molar-refractivity contribution in [3.05, 3.63) is 90.0 Å². The molecule has 29 heavy (non-hydrogen) atoms. The number of carbonyl (C=O) groups excluding carboxylic acids is 2. The van der Waals surface area contributed by atoms with Crippen molar-refractivity contribution >= 4 is 23.6 Å². The van der Waals surface area contributed by atoms with Crippen molar-refractivity contribution in [2.24, 2.45) is 0 Å². The molecule has 5 heteroatoms. The van der Waals surface area contributed by atoms with Crippen molar-refractivity contribution in [3.8, 4) is 11.1 Å². The predicted molar refractivity (Wildman–Crippen MR) is 117 cm³/mol. The molecule has 0 saturated heterocycles. The van der Waals surface area contributed by atoms with Crippen LogP contribution in [0.1, 0.15) is 15.9 Å². The van der Waals surface area contributed by atoms with Crippen LogP contribution in [0.5, 0.6) is 0 Å². The van der Waals surface area contributed by atoms with Crippen molar-refractivity contribution in [1.29, 1.82) is 0 Å². The summed E-state index contributed by atoms with van der Waals surface area (Å²) in [4.78, 5) is 25.2. The number of thioether (sulfide) groups is 1. The van der Waals surface area contributed by atoms with Gasteiger partial charge in [-0.3, -0.25) is 4.79 Å². The molecule has 0 fully saturated rings. The summed E-state index contributed by atoms with van der Waals surface area (Å²) >= 11 is 1.67. The Hall–Kier alpha value is -3.05. The van der Waals surface area contributed by atoms with Crippen LogP contribution in [0.2, 0.25) is 0 Å². The van der Waals surface area contributed by atoms with Gasteiger partial charge in [-0.25, -0.2) is 4.79 Å². The van der Waals surface area contributed by atoms with E-state index >= 15 is 0 Å². The third-order valence-electron chi connectivity index (χ3n) is 4.28. The van der Waals surface area contributed by atoms with Gasteiger partial charge in [0.1, 0.15) is 0 Å². The van der Waals surface area contributed by atoms with E-state index in [0.29, 0.717) is 12.1 Å². The third-order valence-corrected chi connectivity index (χ3v) is 5.29. The summed E-state index contributed by atoms with van der Waals surface area (Å²) < 4.78 is 5.11. The van der Waals surface area contributed by atoms with Crippen molar-refractivity contribution in [1.82, 2.24) is 5.32 Å². The monoisotopic (exact) mass is 405 g/mol. The SMILES string of the molecule is Cc1ccc(SCCNC(=O)COC(=O)c2ccc(-c3ccccc3)cc2)cc1. The average Bonchev–Trinajstić information content (AvgIpc) is 2.77. The summed E-state index contributed by atoms with van der Waals surface area (Å²) in [6, 6.07) is 25.3. The normalized spacial score (nSPS) is 10.4. The topological polar surface area (TPSA) is 55.4 Å². The molecular formula is C24H23NO3S.